The number of hydrogen-bond donors (Lipinski definition) is 1. The number of benzene rings is 2. The lowest BCUT2D eigenvalue weighted by atomic mass is 10.1. The van der Waals surface area contributed by atoms with Crippen LogP contribution in [-0.4, -0.2) is 20.1 Å². The maximum atomic E-state index is 12.3. The number of amides is 1. The van der Waals surface area contributed by atoms with Crippen LogP contribution in [-0.2, 0) is 4.79 Å². The SMILES string of the molecule is COc1ccc(/C=C(/C#N)C(=O)Nc2ccc(C)cc2)c(OC)c1. The van der Waals surface area contributed by atoms with Crippen LogP contribution in [0.2, 0.25) is 0 Å². The van der Waals surface area contributed by atoms with Gasteiger partial charge in [-0.15, -0.1) is 0 Å². The molecule has 2 aromatic rings. The zero-order valence-electron chi connectivity index (χ0n) is 13.8. The van der Waals surface area contributed by atoms with Gasteiger partial charge in [0.2, 0.25) is 0 Å². The van der Waals surface area contributed by atoms with E-state index >= 15 is 0 Å². The third-order valence-corrected chi connectivity index (χ3v) is 3.41. The highest BCUT2D eigenvalue weighted by molar-refractivity contribution is 6.09. The quantitative estimate of drug-likeness (QED) is 0.675. The molecular weight excluding hydrogens is 304 g/mol. The molecule has 0 atom stereocenters. The van der Waals surface area contributed by atoms with Gasteiger partial charge < -0.3 is 14.8 Å². The lowest BCUT2D eigenvalue weighted by molar-refractivity contribution is -0.112. The third-order valence-electron chi connectivity index (χ3n) is 3.41. The molecule has 5 heteroatoms. The van der Waals surface area contributed by atoms with Crippen LogP contribution >= 0.6 is 0 Å². The lowest BCUT2D eigenvalue weighted by Crippen LogP contribution is -2.13. The second-order valence-electron chi connectivity index (χ2n) is 5.10. The van der Waals surface area contributed by atoms with Crippen LogP contribution < -0.4 is 14.8 Å². The molecule has 24 heavy (non-hydrogen) atoms. The highest BCUT2D eigenvalue weighted by atomic mass is 16.5. The van der Waals surface area contributed by atoms with Gasteiger partial charge in [0.1, 0.15) is 23.1 Å². The molecule has 0 aliphatic rings. The smallest absolute Gasteiger partial charge is 0.266 e. The molecular formula is C19H18N2O3. The zero-order valence-corrected chi connectivity index (χ0v) is 13.8. The van der Waals surface area contributed by atoms with Gasteiger partial charge in [-0.25, -0.2) is 0 Å². The molecule has 0 fully saturated rings. The summed E-state index contributed by atoms with van der Waals surface area (Å²) >= 11 is 0. The first kappa shape index (κ1) is 17.1. The number of ether oxygens (including phenoxy) is 2. The van der Waals surface area contributed by atoms with Crippen molar-refractivity contribution >= 4 is 17.7 Å². The van der Waals surface area contributed by atoms with E-state index < -0.39 is 5.91 Å². The Kier molecular flexibility index (Phi) is 5.58. The molecule has 5 nitrogen and oxygen atoms in total. The summed E-state index contributed by atoms with van der Waals surface area (Å²) in [6.45, 7) is 1.96. The molecule has 0 saturated heterocycles. The van der Waals surface area contributed by atoms with Crippen molar-refractivity contribution in [1.29, 1.82) is 5.26 Å². The molecule has 0 bridgehead atoms. The molecule has 2 rings (SSSR count). The number of nitrogens with zero attached hydrogens (tertiary/aromatic N) is 1. The molecule has 0 aliphatic carbocycles. The van der Waals surface area contributed by atoms with Gasteiger partial charge in [0.05, 0.1) is 14.2 Å². The number of carbonyl (C=O) groups excluding carboxylic acids is 1. The van der Waals surface area contributed by atoms with Crippen molar-refractivity contribution in [2.75, 3.05) is 19.5 Å². The molecule has 0 saturated carbocycles. The Morgan fingerprint density at radius 3 is 2.42 bits per heavy atom. The van der Waals surface area contributed by atoms with Gasteiger partial charge in [0.25, 0.3) is 5.91 Å². The largest absolute Gasteiger partial charge is 0.497 e. The maximum absolute atomic E-state index is 12.3. The van der Waals surface area contributed by atoms with E-state index in [2.05, 4.69) is 5.32 Å². The van der Waals surface area contributed by atoms with E-state index in [0.29, 0.717) is 22.7 Å². The fourth-order valence-electron chi connectivity index (χ4n) is 2.08. The number of nitrogens with one attached hydrogen (secondary N) is 1. The molecule has 0 spiro atoms. The molecule has 0 heterocycles. The minimum absolute atomic E-state index is 0.0148. The first-order valence-electron chi connectivity index (χ1n) is 7.29. The Bertz CT molecular complexity index is 802. The van der Waals surface area contributed by atoms with E-state index in [1.807, 2.05) is 25.1 Å². The number of aryl methyl sites for hydroxylation is 1. The van der Waals surface area contributed by atoms with Crippen molar-refractivity contribution in [2.24, 2.45) is 0 Å². The van der Waals surface area contributed by atoms with E-state index in [1.54, 1.807) is 37.4 Å². The Morgan fingerprint density at radius 2 is 1.83 bits per heavy atom. The summed E-state index contributed by atoms with van der Waals surface area (Å²) < 4.78 is 10.4. The molecule has 0 radical (unpaired) electrons. The Hall–Kier alpha value is -3.26. The molecule has 1 N–H and O–H groups in total. The van der Waals surface area contributed by atoms with Gasteiger partial charge in [-0.1, -0.05) is 17.7 Å². The molecule has 2 aromatic carbocycles. The average molecular weight is 322 g/mol. The van der Waals surface area contributed by atoms with Gasteiger partial charge in [0.15, 0.2) is 0 Å². The summed E-state index contributed by atoms with van der Waals surface area (Å²) in [4.78, 5) is 12.3. The van der Waals surface area contributed by atoms with Crippen LogP contribution in [0, 0.1) is 18.3 Å². The van der Waals surface area contributed by atoms with Gasteiger partial charge in [-0.05, 0) is 37.3 Å². The van der Waals surface area contributed by atoms with Crippen LogP contribution in [0.1, 0.15) is 11.1 Å². The van der Waals surface area contributed by atoms with Crippen LogP contribution in [0.3, 0.4) is 0 Å². The first-order valence-corrected chi connectivity index (χ1v) is 7.29. The van der Waals surface area contributed by atoms with Crippen LogP contribution in [0.15, 0.2) is 48.0 Å². The lowest BCUT2D eigenvalue weighted by Gasteiger charge is -2.08. The molecule has 0 aromatic heterocycles. The monoisotopic (exact) mass is 322 g/mol. The third kappa shape index (κ3) is 4.14. The van der Waals surface area contributed by atoms with Crippen LogP contribution in [0.4, 0.5) is 5.69 Å². The topological polar surface area (TPSA) is 71.3 Å². The number of hydrogen-bond acceptors (Lipinski definition) is 4. The van der Waals surface area contributed by atoms with Crippen LogP contribution in [0.5, 0.6) is 11.5 Å². The van der Waals surface area contributed by atoms with Crippen molar-refractivity contribution < 1.29 is 14.3 Å². The number of methoxy groups -OCH3 is 2. The fourth-order valence-corrected chi connectivity index (χ4v) is 2.08. The van der Waals surface area contributed by atoms with Gasteiger partial charge >= 0.3 is 0 Å². The molecule has 0 aliphatic heterocycles. The van der Waals surface area contributed by atoms with Gasteiger partial charge in [0, 0.05) is 17.3 Å². The number of anilines is 1. The van der Waals surface area contributed by atoms with Gasteiger partial charge in [-0.2, -0.15) is 5.26 Å². The van der Waals surface area contributed by atoms with E-state index in [-0.39, 0.29) is 5.57 Å². The Balaban J connectivity index is 2.27. The summed E-state index contributed by atoms with van der Waals surface area (Å²) in [6.07, 6.45) is 1.49. The van der Waals surface area contributed by atoms with Crippen LogP contribution in [0.25, 0.3) is 6.08 Å². The minimum atomic E-state index is -0.473. The number of rotatable bonds is 5. The van der Waals surface area contributed by atoms with E-state index in [0.717, 1.165) is 5.56 Å². The minimum Gasteiger partial charge on any atom is -0.497 e. The fraction of sp³-hybridized carbons (Fsp3) is 0.158. The summed E-state index contributed by atoms with van der Waals surface area (Å²) in [5.74, 6) is 0.677. The summed E-state index contributed by atoms with van der Waals surface area (Å²) in [6, 6.07) is 14.4. The summed E-state index contributed by atoms with van der Waals surface area (Å²) in [7, 11) is 3.07. The number of nitriles is 1. The van der Waals surface area contributed by atoms with Crippen molar-refractivity contribution in [3.8, 4) is 17.6 Å². The number of carbonyl (C=O) groups is 1. The van der Waals surface area contributed by atoms with Crippen molar-refractivity contribution in [3.05, 3.63) is 59.2 Å². The second kappa shape index (κ2) is 7.84. The Labute approximate surface area is 141 Å². The molecule has 1 amide bonds. The van der Waals surface area contributed by atoms with Crippen molar-refractivity contribution in [2.45, 2.75) is 6.92 Å². The molecule has 0 unspecified atom stereocenters. The van der Waals surface area contributed by atoms with E-state index in [9.17, 15) is 10.1 Å². The highest BCUT2D eigenvalue weighted by Gasteiger charge is 2.11. The Morgan fingerprint density at radius 1 is 1.12 bits per heavy atom. The maximum Gasteiger partial charge on any atom is 0.266 e. The first-order chi connectivity index (χ1) is 11.6. The average Bonchev–Trinajstić information content (AvgIpc) is 2.61. The summed E-state index contributed by atoms with van der Waals surface area (Å²) in [5.41, 5.74) is 2.33. The summed E-state index contributed by atoms with van der Waals surface area (Å²) in [5, 5.41) is 12.0. The van der Waals surface area contributed by atoms with E-state index in [1.165, 1.54) is 13.2 Å². The van der Waals surface area contributed by atoms with Gasteiger partial charge in [-0.3, -0.25) is 4.79 Å². The predicted molar refractivity (Wildman–Crippen MR) is 92.9 cm³/mol. The van der Waals surface area contributed by atoms with Crippen molar-refractivity contribution in [1.82, 2.24) is 0 Å². The normalized spacial score (nSPS) is 10.7. The second-order valence-corrected chi connectivity index (χ2v) is 5.10. The highest BCUT2D eigenvalue weighted by Crippen LogP contribution is 2.26. The molecule has 122 valence electrons. The van der Waals surface area contributed by atoms with Crippen molar-refractivity contribution in [3.63, 3.8) is 0 Å². The standard InChI is InChI=1S/C19H18N2O3/c1-13-4-7-16(8-5-13)21-19(22)15(12-20)10-14-6-9-17(23-2)11-18(14)24-3/h4-11H,1-3H3,(H,21,22)/b15-10-. The zero-order chi connectivity index (χ0) is 17.5. The predicted octanol–water partition coefficient (Wildman–Crippen LogP) is 3.56. The van der Waals surface area contributed by atoms with E-state index in [4.69, 9.17) is 9.47 Å².